The highest BCUT2D eigenvalue weighted by molar-refractivity contribution is 5.81. The Bertz CT molecular complexity index is 2820. The maximum absolute atomic E-state index is 13.7. The van der Waals surface area contributed by atoms with Crippen molar-refractivity contribution >= 4 is 24.0 Å². The topological polar surface area (TPSA) is 175 Å². The van der Waals surface area contributed by atoms with Gasteiger partial charge in [-0.1, -0.05) is 85.0 Å². The Kier molecular flexibility index (Phi) is 17.0. The van der Waals surface area contributed by atoms with Crippen LogP contribution in [0.4, 0.5) is 0 Å². The van der Waals surface area contributed by atoms with Crippen molar-refractivity contribution in [2.45, 2.75) is 76.8 Å². The number of aromatic nitrogens is 4. The van der Waals surface area contributed by atoms with Crippen LogP contribution in [-0.2, 0) is 48.4 Å². The second-order valence-electron chi connectivity index (χ2n) is 19.8. The zero-order valence-corrected chi connectivity index (χ0v) is 42.3. The van der Waals surface area contributed by atoms with Gasteiger partial charge in [-0.3, -0.25) is 38.9 Å². The Morgan fingerprint density at radius 2 is 0.919 bits per heavy atom. The maximum Gasteiger partial charge on any atom is 0.258 e. The third-order valence-corrected chi connectivity index (χ3v) is 15.6. The van der Waals surface area contributed by atoms with Gasteiger partial charge in [-0.15, -0.1) is 0 Å². The Balaban J connectivity index is 0.000000182. The minimum Gasteiger partial charge on any atom is -0.396 e. The van der Waals surface area contributed by atoms with Crippen LogP contribution in [0, 0.1) is 23.7 Å². The van der Waals surface area contributed by atoms with Gasteiger partial charge in [-0.25, -0.2) is 0 Å². The fraction of sp³-hybridized carbons (Fsp3) is 0.367. The number of aliphatic hydroxyl groups excluding tert-OH is 2. The molecule has 10 rings (SSSR count). The summed E-state index contributed by atoms with van der Waals surface area (Å²) in [5, 5.41) is 27.3. The molecule has 2 aromatic carbocycles. The molecule has 4 aliphatic heterocycles. The minimum atomic E-state index is -0.441. The normalized spacial score (nSPS) is 22.8. The molecule has 8 heterocycles. The van der Waals surface area contributed by atoms with Crippen LogP contribution in [0.5, 0.6) is 0 Å². The number of rotatable bonds is 18. The average molecular weight is 997 g/mol. The van der Waals surface area contributed by atoms with Crippen LogP contribution in [0.2, 0.25) is 0 Å². The molecule has 0 aliphatic carbocycles. The van der Waals surface area contributed by atoms with Crippen molar-refractivity contribution < 1.29 is 19.8 Å². The Morgan fingerprint density at radius 3 is 1.28 bits per heavy atom. The SMILES string of the molecule is C/C=C/c1ccc2n(c1=O)C[C@H]1[C@H](CO)[C@@H](C(=O)NCCc3ccncc3)[C@@H]2N1CCc1ccccc1.C/C=C\c1ccc2n(c1=O)C[C@H]1[C@H](CO)[C@@H](C(=O)NCCc3ccncc3)[C@@H]2N1CCc1ccccc1. The van der Waals surface area contributed by atoms with Crippen molar-refractivity contribution in [1.82, 2.24) is 39.5 Å². The van der Waals surface area contributed by atoms with Crippen molar-refractivity contribution in [3.05, 3.63) is 212 Å². The first kappa shape index (κ1) is 51.8. The second kappa shape index (κ2) is 24.3. The zero-order chi connectivity index (χ0) is 51.6. The van der Waals surface area contributed by atoms with Gasteiger partial charge in [0, 0.05) is 124 Å². The van der Waals surface area contributed by atoms with Crippen LogP contribution in [0.1, 0.15) is 70.7 Å². The summed E-state index contributed by atoms with van der Waals surface area (Å²) < 4.78 is 3.66. The monoisotopic (exact) mass is 997 g/mol. The molecule has 6 aromatic rings. The molecule has 4 N–H and O–H groups in total. The Morgan fingerprint density at radius 1 is 0.541 bits per heavy atom. The van der Waals surface area contributed by atoms with E-state index in [-0.39, 0.29) is 72.1 Å². The summed E-state index contributed by atoms with van der Waals surface area (Å²) in [4.78, 5) is 66.8. The number of benzene rings is 2. The van der Waals surface area contributed by atoms with Crippen LogP contribution in [0.25, 0.3) is 12.2 Å². The summed E-state index contributed by atoms with van der Waals surface area (Å²) in [5.74, 6) is -1.53. The van der Waals surface area contributed by atoms with Crippen LogP contribution in [-0.4, -0.2) is 102 Å². The first-order valence-corrected chi connectivity index (χ1v) is 26.1. The highest BCUT2D eigenvalue weighted by Crippen LogP contribution is 2.49. The molecule has 0 spiro atoms. The lowest BCUT2D eigenvalue weighted by Gasteiger charge is -2.38. The van der Waals surface area contributed by atoms with E-state index in [9.17, 15) is 29.4 Å². The first-order chi connectivity index (χ1) is 36.2. The molecule has 0 unspecified atom stereocenters. The van der Waals surface area contributed by atoms with Crippen LogP contribution in [0.15, 0.2) is 156 Å². The molecule has 4 aliphatic rings. The standard InChI is InChI=1S/2C30H34N4O3/c2*1-2-6-23-9-10-25-28-27(29(36)32-17-13-22-11-15-31-16-12-22)24(20-35)26(19-34(25)30(23)37)33(28)18-14-21-7-4-3-5-8-21/h2*2-12,15-16,24,26-28,35H,13-14,17-20H2,1H3,(H,32,36)/b6-2+;6-2-/t2*24-,26-,27+,28+/m00/s1. The number of hydrogen-bond acceptors (Lipinski definition) is 10. The van der Waals surface area contributed by atoms with E-state index in [2.05, 4.69) is 54.7 Å². The number of carbonyl (C=O) groups excluding carboxylic acids is 2. The third-order valence-electron chi connectivity index (χ3n) is 15.6. The molecular formula is C60H68N8O6. The minimum absolute atomic E-state index is 0.0382. The quantitative estimate of drug-likeness (QED) is 0.0839. The molecule has 2 fully saturated rings. The number of amides is 2. The number of aliphatic hydroxyl groups is 2. The Labute approximate surface area is 433 Å². The zero-order valence-electron chi connectivity index (χ0n) is 42.3. The summed E-state index contributed by atoms with van der Waals surface area (Å²) in [5.41, 5.74) is 7.59. The van der Waals surface area contributed by atoms with Gasteiger partial charge in [0.05, 0.1) is 23.9 Å². The van der Waals surface area contributed by atoms with E-state index in [4.69, 9.17) is 0 Å². The molecule has 14 heteroatoms. The van der Waals surface area contributed by atoms with Gasteiger partial charge >= 0.3 is 0 Å². The van der Waals surface area contributed by atoms with Crippen LogP contribution >= 0.6 is 0 Å². The lowest BCUT2D eigenvalue weighted by molar-refractivity contribution is -0.128. The van der Waals surface area contributed by atoms with Gasteiger partial charge in [0.25, 0.3) is 11.1 Å². The van der Waals surface area contributed by atoms with E-state index in [1.165, 1.54) is 11.1 Å². The molecule has 74 heavy (non-hydrogen) atoms. The van der Waals surface area contributed by atoms with Crippen molar-refractivity contribution in [1.29, 1.82) is 0 Å². The molecule has 2 amide bonds. The van der Waals surface area contributed by atoms with Crippen LogP contribution in [0.3, 0.4) is 0 Å². The van der Waals surface area contributed by atoms with Gasteiger partial charge < -0.3 is 30.0 Å². The molecular weight excluding hydrogens is 929 g/mol. The van der Waals surface area contributed by atoms with Gasteiger partial charge in [-0.05, 0) is 110 Å². The van der Waals surface area contributed by atoms with Crippen molar-refractivity contribution in [3.8, 4) is 0 Å². The van der Waals surface area contributed by atoms with E-state index in [1.54, 1.807) is 24.8 Å². The summed E-state index contributed by atoms with van der Waals surface area (Å²) in [6.07, 6.45) is 17.5. The first-order valence-electron chi connectivity index (χ1n) is 26.1. The smallest absolute Gasteiger partial charge is 0.258 e. The highest BCUT2D eigenvalue weighted by Gasteiger charge is 2.57. The number of pyridine rings is 4. The third kappa shape index (κ3) is 11.0. The van der Waals surface area contributed by atoms with Gasteiger partial charge in [-0.2, -0.15) is 0 Å². The number of nitrogens with one attached hydrogen (secondary N) is 2. The summed E-state index contributed by atoms with van der Waals surface area (Å²) >= 11 is 0. The van der Waals surface area contributed by atoms with Gasteiger partial charge in [0.1, 0.15) is 0 Å². The van der Waals surface area contributed by atoms with Gasteiger partial charge in [0.2, 0.25) is 11.8 Å². The lowest BCUT2D eigenvalue weighted by Crippen LogP contribution is -2.47. The molecule has 4 aromatic heterocycles. The summed E-state index contributed by atoms with van der Waals surface area (Å²) in [6, 6.07) is 35.3. The number of allylic oxidation sites excluding steroid dienone is 2. The van der Waals surface area contributed by atoms with E-state index >= 15 is 0 Å². The fourth-order valence-corrected chi connectivity index (χ4v) is 12.1. The lowest BCUT2D eigenvalue weighted by atomic mass is 9.86. The molecule has 14 nitrogen and oxygen atoms in total. The largest absolute Gasteiger partial charge is 0.396 e. The molecule has 0 radical (unpaired) electrons. The predicted octanol–water partition coefficient (Wildman–Crippen LogP) is 5.68. The Hall–Kier alpha value is -7.10. The van der Waals surface area contributed by atoms with E-state index in [0.29, 0.717) is 50.1 Å². The van der Waals surface area contributed by atoms with Crippen molar-refractivity contribution in [3.63, 3.8) is 0 Å². The van der Waals surface area contributed by atoms with E-state index in [0.717, 1.165) is 48.4 Å². The predicted molar refractivity (Wildman–Crippen MR) is 288 cm³/mol. The molecule has 0 saturated carbocycles. The molecule has 2 saturated heterocycles. The number of fused-ring (bicyclic) bond motifs is 8. The second-order valence-corrected chi connectivity index (χ2v) is 19.8. The average Bonchev–Trinajstić information content (AvgIpc) is 3.84. The van der Waals surface area contributed by atoms with Crippen molar-refractivity contribution in [2.75, 3.05) is 39.4 Å². The fourth-order valence-electron chi connectivity index (χ4n) is 12.1. The number of nitrogens with zero attached hydrogens (tertiary/aromatic N) is 6. The number of carbonyl (C=O) groups is 2. The van der Waals surface area contributed by atoms with Crippen LogP contribution < -0.4 is 21.8 Å². The van der Waals surface area contributed by atoms with Gasteiger partial charge in [0.15, 0.2) is 0 Å². The molecule has 8 atom stereocenters. The molecule has 4 bridgehead atoms. The van der Waals surface area contributed by atoms with E-state index < -0.39 is 11.8 Å². The summed E-state index contributed by atoms with van der Waals surface area (Å²) in [7, 11) is 0. The highest BCUT2D eigenvalue weighted by atomic mass is 16.3. The number of hydrogen-bond donors (Lipinski definition) is 4. The van der Waals surface area contributed by atoms with E-state index in [1.807, 2.05) is 132 Å². The van der Waals surface area contributed by atoms with Crippen molar-refractivity contribution in [2.24, 2.45) is 23.7 Å². The maximum atomic E-state index is 13.7. The summed E-state index contributed by atoms with van der Waals surface area (Å²) in [6.45, 7) is 7.04. The molecule has 384 valence electrons.